The lowest BCUT2D eigenvalue weighted by Gasteiger charge is -2.33. The number of hydrazine groups is 1. The van der Waals surface area contributed by atoms with E-state index in [-0.39, 0.29) is 44.6 Å². The number of ether oxygens (including phenoxy) is 2. The van der Waals surface area contributed by atoms with Crippen molar-refractivity contribution in [1.82, 2.24) is 26.4 Å². The molecule has 12 nitrogen and oxygen atoms in total. The normalized spacial score (nSPS) is 13.4. The van der Waals surface area contributed by atoms with Gasteiger partial charge in [0.05, 0.1) is 31.9 Å². The first-order valence-electron chi connectivity index (χ1n) is 17.5. The van der Waals surface area contributed by atoms with Crippen molar-refractivity contribution in [1.29, 1.82) is 0 Å². The van der Waals surface area contributed by atoms with Gasteiger partial charge in [0, 0.05) is 6.54 Å². The molecule has 4 atom stereocenters. The average Bonchev–Trinajstić information content (AvgIpc) is 3.11. The summed E-state index contributed by atoms with van der Waals surface area (Å²) in [4.78, 5) is 52.5. The first-order chi connectivity index (χ1) is 24.4. The maximum absolute atomic E-state index is 14.2. The highest BCUT2D eigenvalue weighted by molar-refractivity contribution is 5.87. The van der Waals surface area contributed by atoms with E-state index >= 15 is 0 Å². The number of hydrogen-bond donors (Lipinski definition) is 5. The molecule has 5 N–H and O–H groups in total. The predicted molar refractivity (Wildman–Crippen MR) is 196 cm³/mol. The lowest BCUT2D eigenvalue weighted by molar-refractivity contribution is -0.139. The van der Waals surface area contributed by atoms with Crippen molar-refractivity contribution in [3.8, 4) is 11.1 Å². The van der Waals surface area contributed by atoms with Gasteiger partial charge in [0.25, 0.3) is 5.91 Å². The van der Waals surface area contributed by atoms with E-state index in [1.807, 2.05) is 98.8 Å². The number of rotatable bonds is 18. The van der Waals surface area contributed by atoms with Crippen LogP contribution in [0.2, 0.25) is 0 Å². The highest BCUT2D eigenvalue weighted by Crippen LogP contribution is 2.25. The molecule has 3 aromatic carbocycles. The Kier molecular flexibility index (Phi) is 16.4. The van der Waals surface area contributed by atoms with Crippen molar-refractivity contribution < 1.29 is 33.8 Å². The highest BCUT2D eigenvalue weighted by atomic mass is 16.6. The van der Waals surface area contributed by atoms with Crippen LogP contribution in [-0.4, -0.2) is 78.1 Å². The topological polar surface area (TPSA) is 158 Å². The van der Waals surface area contributed by atoms with E-state index in [0.717, 1.165) is 22.3 Å². The van der Waals surface area contributed by atoms with Crippen LogP contribution in [0, 0.1) is 11.8 Å². The number of nitrogens with one attached hydrogen (secondary N) is 4. The van der Waals surface area contributed by atoms with Gasteiger partial charge in [-0.3, -0.25) is 14.6 Å². The van der Waals surface area contributed by atoms with Crippen molar-refractivity contribution in [3.63, 3.8) is 0 Å². The minimum absolute atomic E-state index is 0.0962. The van der Waals surface area contributed by atoms with E-state index in [4.69, 9.17) is 9.47 Å². The molecule has 0 heterocycles. The fourth-order valence-electron chi connectivity index (χ4n) is 5.53. The zero-order valence-electron chi connectivity index (χ0n) is 30.4. The predicted octanol–water partition coefficient (Wildman–Crippen LogP) is 4.82. The van der Waals surface area contributed by atoms with Crippen molar-refractivity contribution in [3.05, 3.63) is 96.1 Å². The smallest absolute Gasteiger partial charge is 0.407 e. The van der Waals surface area contributed by atoms with Crippen LogP contribution in [0.25, 0.3) is 11.1 Å². The Bertz CT molecular complexity index is 1540. The summed E-state index contributed by atoms with van der Waals surface area (Å²) < 4.78 is 10.1. The molecule has 0 bridgehead atoms. The van der Waals surface area contributed by atoms with Crippen molar-refractivity contribution >= 4 is 24.0 Å². The summed E-state index contributed by atoms with van der Waals surface area (Å²) in [5.74, 6) is -1.50. The number of amides is 4. The minimum Gasteiger partial charge on any atom is -0.450 e. The fourth-order valence-corrected chi connectivity index (χ4v) is 5.53. The first-order valence-corrected chi connectivity index (χ1v) is 17.5. The Labute approximate surface area is 301 Å². The SMILES string of the molecule is CCOC(=O)N[C@H](C(=O)N[C@@H](Cc1ccccc1)C(O)CNN(Cc1ccccc1-c1ccccc1)C(=O)[C@@H](NC(=O)OCC)C(C)C)C(C)C. The summed E-state index contributed by atoms with van der Waals surface area (Å²) in [6.07, 6.45) is -2.35. The largest absolute Gasteiger partial charge is 0.450 e. The van der Waals surface area contributed by atoms with E-state index in [1.54, 1.807) is 27.7 Å². The third-order valence-corrected chi connectivity index (χ3v) is 8.26. The molecule has 276 valence electrons. The fraction of sp³-hybridized carbons (Fsp3) is 0.436. The van der Waals surface area contributed by atoms with Crippen LogP contribution in [-0.2, 0) is 32.0 Å². The summed E-state index contributed by atoms with van der Waals surface area (Å²) in [5, 5.41) is 21.3. The van der Waals surface area contributed by atoms with Gasteiger partial charge in [-0.1, -0.05) is 113 Å². The Hall–Kier alpha value is -4.94. The molecule has 3 aromatic rings. The van der Waals surface area contributed by atoms with Crippen molar-refractivity contribution in [2.75, 3.05) is 19.8 Å². The zero-order chi connectivity index (χ0) is 37.3. The summed E-state index contributed by atoms with van der Waals surface area (Å²) in [5.41, 5.74) is 6.71. The van der Waals surface area contributed by atoms with Crippen LogP contribution in [0.4, 0.5) is 9.59 Å². The quantitative estimate of drug-likeness (QED) is 0.118. The molecule has 12 heteroatoms. The molecule has 1 unspecified atom stereocenters. The monoisotopic (exact) mass is 703 g/mol. The van der Waals surface area contributed by atoms with E-state index in [1.165, 1.54) is 5.01 Å². The maximum Gasteiger partial charge on any atom is 0.407 e. The molecular weight excluding hydrogens is 650 g/mol. The van der Waals surface area contributed by atoms with Crippen LogP contribution in [0.1, 0.15) is 52.7 Å². The number of hydrogen-bond acceptors (Lipinski definition) is 8. The molecule has 0 spiro atoms. The van der Waals surface area contributed by atoms with Gasteiger partial charge >= 0.3 is 12.2 Å². The van der Waals surface area contributed by atoms with Crippen LogP contribution in [0.3, 0.4) is 0 Å². The number of aliphatic hydroxyl groups excluding tert-OH is 1. The van der Waals surface area contributed by atoms with E-state index in [2.05, 4.69) is 21.4 Å². The lowest BCUT2D eigenvalue weighted by Crippen LogP contribution is -2.59. The molecule has 51 heavy (non-hydrogen) atoms. The van der Waals surface area contributed by atoms with E-state index in [9.17, 15) is 24.3 Å². The molecule has 0 aliphatic heterocycles. The van der Waals surface area contributed by atoms with Gasteiger partial charge < -0.3 is 30.5 Å². The second-order valence-electron chi connectivity index (χ2n) is 12.9. The van der Waals surface area contributed by atoms with E-state index < -0.39 is 48.2 Å². The second-order valence-corrected chi connectivity index (χ2v) is 12.9. The number of benzene rings is 3. The summed E-state index contributed by atoms with van der Waals surface area (Å²) in [6, 6.07) is 24.2. The molecule has 0 aliphatic carbocycles. The minimum atomic E-state index is -1.19. The van der Waals surface area contributed by atoms with Gasteiger partial charge in [-0.2, -0.15) is 0 Å². The summed E-state index contributed by atoms with van der Waals surface area (Å²) in [7, 11) is 0. The Morgan fingerprint density at radius 3 is 1.80 bits per heavy atom. The summed E-state index contributed by atoms with van der Waals surface area (Å²) >= 11 is 0. The Morgan fingerprint density at radius 1 is 0.706 bits per heavy atom. The standard InChI is InChI=1S/C39H53N5O7/c1-7-50-38(48)42-34(26(3)4)36(46)41-32(23-28-17-11-9-12-18-28)33(45)24-40-44(37(47)35(27(5)6)43-39(49)51-8-2)25-30-21-15-16-22-31(30)29-19-13-10-14-20-29/h9-22,26-27,32-35,40,45H,7-8,23-25H2,1-6H3,(H,41,46)(H,42,48)(H,43,49)/t32-,33?,34-,35-/m0/s1. The molecule has 0 aromatic heterocycles. The van der Waals surface area contributed by atoms with Gasteiger partial charge in [0.1, 0.15) is 12.1 Å². The zero-order valence-corrected chi connectivity index (χ0v) is 30.4. The number of aliphatic hydroxyl groups is 1. The van der Waals surface area contributed by atoms with Gasteiger partial charge in [-0.15, -0.1) is 0 Å². The molecule has 3 rings (SSSR count). The van der Waals surface area contributed by atoms with Crippen LogP contribution >= 0.6 is 0 Å². The third kappa shape index (κ3) is 12.7. The second kappa shape index (κ2) is 20.7. The van der Waals surface area contributed by atoms with Crippen molar-refractivity contribution in [2.45, 2.75) is 78.7 Å². The molecule has 0 fully saturated rings. The molecule has 4 amide bonds. The number of carbonyl (C=O) groups is 4. The third-order valence-electron chi connectivity index (χ3n) is 8.26. The molecule has 0 aliphatic rings. The molecular formula is C39H53N5O7. The van der Waals surface area contributed by atoms with Gasteiger partial charge in [-0.25, -0.2) is 15.0 Å². The van der Waals surface area contributed by atoms with Crippen LogP contribution in [0.5, 0.6) is 0 Å². The summed E-state index contributed by atoms with van der Waals surface area (Å²) in [6.45, 7) is 10.8. The Morgan fingerprint density at radius 2 is 1.24 bits per heavy atom. The van der Waals surface area contributed by atoms with Gasteiger partial charge in [-0.05, 0) is 54.4 Å². The number of nitrogens with zero attached hydrogens (tertiary/aromatic N) is 1. The number of alkyl carbamates (subject to hydrolysis) is 2. The lowest BCUT2D eigenvalue weighted by atomic mass is 9.98. The molecule has 0 radical (unpaired) electrons. The average molecular weight is 704 g/mol. The van der Waals surface area contributed by atoms with Gasteiger partial charge in [0.2, 0.25) is 5.91 Å². The van der Waals surface area contributed by atoms with Gasteiger partial charge in [0.15, 0.2) is 0 Å². The maximum atomic E-state index is 14.2. The highest BCUT2D eigenvalue weighted by Gasteiger charge is 2.33. The Balaban J connectivity index is 1.93. The van der Waals surface area contributed by atoms with Crippen LogP contribution in [0.15, 0.2) is 84.9 Å². The van der Waals surface area contributed by atoms with Crippen molar-refractivity contribution in [2.24, 2.45) is 11.8 Å². The first kappa shape index (κ1) is 40.5. The van der Waals surface area contributed by atoms with E-state index in [0.29, 0.717) is 0 Å². The molecule has 0 saturated heterocycles. The molecule has 0 saturated carbocycles. The number of carbonyl (C=O) groups excluding carboxylic acids is 4. The van der Waals surface area contributed by atoms with Crippen LogP contribution < -0.4 is 21.4 Å².